The van der Waals surface area contributed by atoms with E-state index in [1.807, 2.05) is 0 Å². The smallest absolute Gasteiger partial charge is 0.277 e. The Bertz CT molecular complexity index is 1010. The number of hydrogen-bond donors (Lipinski definition) is 3. The maximum absolute atomic E-state index is 13.8. The van der Waals surface area contributed by atoms with Crippen LogP contribution in [0.3, 0.4) is 0 Å². The molecule has 0 spiro atoms. The standard InChI is InChI=1S/C14H12FN5OS.C6H12FNO/c1-20-7-8(6-17-20)18-13(21)11-12(16)22-14(19-11)9-4-2-3-5-10(9)15;7-5-4-9-3-1-2-6(5)8/h2-7H,16H2,1H3,(H,18,21);5-6H,1-4,8H2. The molecule has 2 unspecified atom stereocenters. The van der Waals surface area contributed by atoms with Crippen molar-refractivity contribution in [2.75, 3.05) is 24.3 Å². The van der Waals surface area contributed by atoms with Crippen LogP contribution in [0.25, 0.3) is 10.6 Å². The number of aryl methyl sites for hydroxylation is 1. The summed E-state index contributed by atoms with van der Waals surface area (Å²) in [5.41, 5.74) is 12.2. The monoisotopic (exact) mass is 450 g/mol. The van der Waals surface area contributed by atoms with Gasteiger partial charge in [0.2, 0.25) is 0 Å². The number of anilines is 2. The zero-order valence-electron chi connectivity index (χ0n) is 16.9. The van der Waals surface area contributed by atoms with Gasteiger partial charge in [0.25, 0.3) is 5.91 Å². The molecule has 1 aliphatic heterocycles. The Morgan fingerprint density at radius 3 is 2.87 bits per heavy atom. The van der Waals surface area contributed by atoms with Crippen molar-refractivity contribution in [3.05, 3.63) is 48.2 Å². The van der Waals surface area contributed by atoms with Crippen LogP contribution in [0.4, 0.5) is 19.5 Å². The van der Waals surface area contributed by atoms with Crippen LogP contribution in [0.2, 0.25) is 0 Å². The fourth-order valence-electron chi connectivity index (χ4n) is 2.84. The van der Waals surface area contributed by atoms with Crippen molar-refractivity contribution in [2.45, 2.75) is 25.1 Å². The number of halogens is 2. The van der Waals surface area contributed by atoms with E-state index in [-0.39, 0.29) is 23.3 Å². The molecule has 11 heteroatoms. The van der Waals surface area contributed by atoms with Crippen molar-refractivity contribution in [3.63, 3.8) is 0 Å². The minimum Gasteiger partial charge on any atom is -0.389 e. The van der Waals surface area contributed by atoms with E-state index >= 15 is 0 Å². The molecule has 1 fully saturated rings. The van der Waals surface area contributed by atoms with E-state index in [1.54, 1.807) is 36.1 Å². The SMILES string of the molecule is Cn1cc(NC(=O)c2nc(-c3ccccc3F)sc2N)cn1.NC1CCCOCC1F. The number of alkyl halides is 1. The van der Waals surface area contributed by atoms with Crippen LogP contribution >= 0.6 is 11.3 Å². The largest absolute Gasteiger partial charge is 0.389 e. The fraction of sp³-hybridized carbons (Fsp3) is 0.350. The number of aromatic nitrogens is 3. The number of nitrogen functional groups attached to an aromatic ring is 1. The highest BCUT2D eigenvalue weighted by Gasteiger charge is 2.20. The van der Waals surface area contributed by atoms with Crippen molar-refractivity contribution in [1.29, 1.82) is 0 Å². The number of nitrogens with zero attached hydrogens (tertiary/aromatic N) is 3. The van der Waals surface area contributed by atoms with Crippen LogP contribution in [-0.2, 0) is 11.8 Å². The Morgan fingerprint density at radius 1 is 1.39 bits per heavy atom. The number of rotatable bonds is 3. The van der Waals surface area contributed by atoms with Gasteiger partial charge in [-0.25, -0.2) is 13.8 Å². The van der Waals surface area contributed by atoms with Crippen molar-refractivity contribution in [3.8, 4) is 10.6 Å². The van der Waals surface area contributed by atoms with Gasteiger partial charge in [-0.15, -0.1) is 0 Å². The van der Waals surface area contributed by atoms with Crippen LogP contribution in [-0.4, -0.2) is 46.1 Å². The van der Waals surface area contributed by atoms with Gasteiger partial charge in [0, 0.05) is 31.5 Å². The molecule has 3 heterocycles. The lowest BCUT2D eigenvalue weighted by Gasteiger charge is -2.10. The first-order valence-electron chi connectivity index (χ1n) is 9.63. The lowest BCUT2D eigenvalue weighted by atomic mass is 10.1. The molecule has 8 nitrogen and oxygen atoms in total. The second-order valence-corrected chi connectivity index (χ2v) is 8.00. The van der Waals surface area contributed by atoms with Crippen LogP contribution in [0, 0.1) is 5.82 Å². The van der Waals surface area contributed by atoms with Crippen LogP contribution in [0.1, 0.15) is 23.3 Å². The molecule has 1 amide bonds. The molecule has 5 N–H and O–H groups in total. The number of benzene rings is 1. The zero-order valence-corrected chi connectivity index (χ0v) is 17.7. The van der Waals surface area contributed by atoms with E-state index in [9.17, 15) is 13.6 Å². The van der Waals surface area contributed by atoms with Gasteiger partial charge < -0.3 is 21.5 Å². The summed E-state index contributed by atoms with van der Waals surface area (Å²) in [6.45, 7) is 0.843. The predicted octanol–water partition coefficient (Wildman–Crippen LogP) is 2.98. The summed E-state index contributed by atoms with van der Waals surface area (Å²) in [6, 6.07) is 5.92. The number of carbonyl (C=O) groups excluding carboxylic acids is 1. The average molecular weight is 451 g/mol. The molecule has 4 rings (SSSR count). The molecule has 0 radical (unpaired) electrons. The summed E-state index contributed by atoms with van der Waals surface area (Å²) in [5.74, 6) is -0.861. The molecular weight excluding hydrogens is 426 g/mol. The lowest BCUT2D eigenvalue weighted by molar-refractivity contribution is 0.0923. The van der Waals surface area contributed by atoms with E-state index in [0.29, 0.717) is 22.9 Å². The number of ether oxygens (including phenoxy) is 1. The second-order valence-electron chi connectivity index (χ2n) is 6.97. The maximum atomic E-state index is 13.8. The van der Waals surface area contributed by atoms with Crippen LogP contribution in [0.15, 0.2) is 36.7 Å². The molecule has 1 saturated heterocycles. The highest BCUT2D eigenvalue weighted by atomic mass is 32.1. The summed E-state index contributed by atoms with van der Waals surface area (Å²) in [6.07, 6.45) is 3.85. The van der Waals surface area contributed by atoms with Crippen molar-refractivity contribution in [2.24, 2.45) is 12.8 Å². The van der Waals surface area contributed by atoms with Gasteiger partial charge in [0.1, 0.15) is 22.0 Å². The molecule has 0 saturated carbocycles. The van der Waals surface area contributed by atoms with E-state index in [4.69, 9.17) is 16.2 Å². The van der Waals surface area contributed by atoms with Crippen molar-refractivity contribution >= 4 is 27.9 Å². The molecular formula is C20H24F2N6O2S. The van der Waals surface area contributed by atoms with Gasteiger partial charge in [-0.1, -0.05) is 23.5 Å². The third kappa shape index (κ3) is 6.06. The minimum absolute atomic E-state index is 0.0760. The molecule has 0 aliphatic carbocycles. The number of amides is 1. The minimum atomic E-state index is -0.951. The topological polar surface area (TPSA) is 121 Å². The fourth-order valence-corrected chi connectivity index (χ4v) is 3.70. The van der Waals surface area contributed by atoms with Crippen molar-refractivity contribution in [1.82, 2.24) is 14.8 Å². The predicted molar refractivity (Wildman–Crippen MR) is 116 cm³/mol. The number of thiazole rings is 1. The molecule has 31 heavy (non-hydrogen) atoms. The van der Waals surface area contributed by atoms with Gasteiger partial charge in [0.15, 0.2) is 5.69 Å². The average Bonchev–Trinajstić information content (AvgIpc) is 3.27. The summed E-state index contributed by atoms with van der Waals surface area (Å²) < 4.78 is 32.9. The molecule has 166 valence electrons. The number of carbonyl (C=O) groups is 1. The highest BCUT2D eigenvalue weighted by molar-refractivity contribution is 7.19. The van der Waals surface area contributed by atoms with Crippen LogP contribution < -0.4 is 16.8 Å². The third-order valence-corrected chi connectivity index (χ3v) is 5.42. The van der Waals surface area contributed by atoms with E-state index < -0.39 is 17.9 Å². The number of nitrogens with two attached hydrogens (primary N) is 2. The maximum Gasteiger partial charge on any atom is 0.277 e. The number of nitrogens with one attached hydrogen (secondary N) is 1. The molecule has 1 aliphatic rings. The second kappa shape index (κ2) is 10.4. The van der Waals surface area contributed by atoms with Gasteiger partial charge >= 0.3 is 0 Å². The van der Waals surface area contributed by atoms with Gasteiger partial charge in [-0.05, 0) is 25.0 Å². The highest BCUT2D eigenvalue weighted by Crippen LogP contribution is 2.31. The third-order valence-electron chi connectivity index (χ3n) is 4.50. The Kier molecular flexibility index (Phi) is 7.66. The normalized spacial score (nSPS) is 18.6. The Balaban J connectivity index is 0.000000254. The Morgan fingerprint density at radius 2 is 2.16 bits per heavy atom. The molecule has 3 aromatic rings. The Labute approximate surface area is 182 Å². The summed E-state index contributed by atoms with van der Waals surface area (Å²) in [4.78, 5) is 16.4. The number of hydrogen-bond acceptors (Lipinski definition) is 7. The van der Waals surface area contributed by atoms with Gasteiger partial charge in [-0.3, -0.25) is 9.48 Å². The van der Waals surface area contributed by atoms with E-state index in [0.717, 1.165) is 24.2 Å². The molecule has 0 bridgehead atoms. The van der Waals surface area contributed by atoms with Crippen molar-refractivity contribution < 1.29 is 18.3 Å². The quantitative estimate of drug-likeness (QED) is 0.564. The van der Waals surface area contributed by atoms with E-state index in [1.165, 1.54) is 12.3 Å². The van der Waals surface area contributed by atoms with Crippen LogP contribution in [0.5, 0.6) is 0 Å². The first-order valence-corrected chi connectivity index (χ1v) is 10.5. The first kappa shape index (κ1) is 22.8. The van der Waals surface area contributed by atoms with E-state index in [2.05, 4.69) is 15.4 Å². The molecule has 2 aromatic heterocycles. The molecule has 1 aromatic carbocycles. The van der Waals surface area contributed by atoms with Gasteiger partial charge in [-0.2, -0.15) is 5.10 Å². The zero-order chi connectivity index (χ0) is 22.4. The Hall–Kier alpha value is -2.89. The summed E-state index contributed by atoms with van der Waals surface area (Å²) in [7, 11) is 1.74. The first-order chi connectivity index (χ1) is 14.8. The molecule has 2 atom stereocenters. The summed E-state index contributed by atoms with van der Waals surface area (Å²) in [5, 5.41) is 7.20. The van der Waals surface area contributed by atoms with Gasteiger partial charge in [0.05, 0.1) is 18.5 Å². The summed E-state index contributed by atoms with van der Waals surface area (Å²) >= 11 is 1.07. The lowest BCUT2D eigenvalue weighted by Crippen LogP contribution is -2.32.